The topological polar surface area (TPSA) is 83.6 Å². The summed E-state index contributed by atoms with van der Waals surface area (Å²) in [4.78, 5) is 14.6. The van der Waals surface area contributed by atoms with E-state index in [1.54, 1.807) is 6.92 Å². The van der Waals surface area contributed by atoms with Crippen molar-refractivity contribution in [1.29, 1.82) is 0 Å². The molecule has 0 fully saturated rings. The normalized spacial score (nSPS) is 10.5. The van der Waals surface area contributed by atoms with Gasteiger partial charge in [0.15, 0.2) is 5.89 Å². The van der Waals surface area contributed by atoms with Gasteiger partial charge in [-0.2, -0.15) is 0 Å². The number of rotatable bonds is 4. The number of aromatic hydroxyl groups is 1. The van der Waals surface area contributed by atoms with Crippen LogP contribution in [0.15, 0.2) is 16.5 Å². The molecule has 1 aromatic heterocycles. The van der Waals surface area contributed by atoms with Crippen molar-refractivity contribution in [2.75, 3.05) is 0 Å². The van der Waals surface area contributed by atoms with E-state index in [2.05, 4.69) is 64.9 Å². The molecule has 0 aliphatic rings. The van der Waals surface area contributed by atoms with E-state index in [1.807, 2.05) is 26.0 Å². The van der Waals surface area contributed by atoms with Crippen molar-refractivity contribution in [1.82, 2.24) is 4.98 Å². The second-order valence-electron chi connectivity index (χ2n) is 5.13. The number of aryl methyl sites for hydroxylation is 3. The first kappa shape index (κ1) is 22.5. The van der Waals surface area contributed by atoms with Crippen LogP contribution in [0.25, 0.3) is 0 Å². The fourth-order valence-corrected chi connectivity index (χ4v) is 2.19. The molecule has 2 rings (SSSR count). The molecule has 0 unspecified atom stereocenters. The number of carbonyl (C=O) groups is 1. The van der Waals surface area contributed by atoms with E-state index in [0.717, 1.165) is 16.7 Å². The van der Waals surface area contributed by atoms with Crippen LogP contribution in [-0.2, 0) is 22.6 Å². The summed E-state index contributed by atoms with van der Waals surface area (Å²) in [5, 5.41) is 18.5. The van der Waals surface area contributed by atoms with Gasteiger partial charge in [0.1, 0.15) is 11.5 Å². The molecule has 0 aliphatic carbocycles. The predicted octanol–water partition coefficient (Wildman–Crippen LogP) is 5.18. The number of aliphatic carboxylic acids is 1. The van der Waals surface area contributed by atoms with Crippen LogP contribution in [0.5, 0.6) is 5.75 Å². The molecule has 0 amide bonds. The first-order valence-corrected chi connectivity index (χ1v) is 20.4. The number of phenolic OH excluding ortho intramolecular Hbond substituents is 1. The maximum atomic E-state index is 10.7. The van der Waals surface area contributed by atoms with Gasteiger partial charge in [0.05, 0.1) is 12.1 Å². The maximum absolute atomic E-state index is 10.7. The van der Waals surface area contributed by atoms with Gasteiger partial charge in [0.25, 0.3) is 0 Å². The summed E-state index contributed by atoms with van der Waals surface area (Å²) in [7, 11) is 0. The Morgan fingerprint density at radius 3 is 2.17 bits per heavy atom. The van der Waals surface area contributed by atoms with Gasteiger partial charge < -0.3 is 14.6 Å². The fraction of sp³-hybridized carbons (Fsp3) is 0.333. The fourth-order valence-electron chi connectivity index (χ4n) is 2.19. The van der Waals surface area contributed by atoms with Crippen molar-refractivity contribution in [3.05, 3.63) is 46.2 Å². The van der Waals surface area contributed by atoms with E-state index in [9.17, 15) is 9.90 Å². The summed E-state index contributed by atoms with van der Waals surface area (Å²) in [5.41, 5.74) is 3.03. The van der Waals surface area contributed by atoms with Crippen molar-refractivity contribution in [3.63, 3.8) is 0 Å². The van der Waals surface area contributed by atoms with E-state index in [0.29, 0.717) is 29.5 Å². The molecule has 0 spiro atoms. The molecule has 9 heteroatoms. The van der Waals surface area contributed by atoms with Crippen molar-refractivity contribution in [2.45, 2.75) is 33.6 Å². The third kappa shape index (κ3) is 7.79. The quantitative estimate of drug-likeness (QED) is 0.429. The van der Waals surface area contributed by atoms with Gasteiger partial charge >= 0.3 is 70.8 Å². The summed E-state index contributed by atoms with van der Waals surface area (Å²) < 4.78 is 5.49. The molecule has 0 atom stereocenters. The number of benzene rings is 1. The molecule has 0 saturated heterocycles. The molecular formula is C15H17I3NO4V. The zero-order chi connectivity index (χ0) is 18.4. The van der Waals surface area contributed by atoms with E-state index >= 15 is 0 Å². The van der Waals surface area contributed by atoms with Gasteiger partial charge in [0, 0.05) is 6.42 Å². The van der Waals surface area contributed by atoms with E-state index in [1.165, 1.54) is 0 Å². The Labute approximate surface area is 178 Å². The Balaban J connectivity index is 0.000000648. The molecule has 1 heterocycles. The number of carboxylic acids is 1. The molecule has 132 valence electrons. The number of hydrogen-bond donors (Lipinski definition) is 2. The Morgan fingerprint density at radius 2 is 1.71 bits per heavy atom. The van der Waals surface area contributed by atoms with Gasteiger partial charge in [-0.3, -0.25) is 4.79 Å². The van der Waals surface area contributed by atoms with Crippen LogP contribution in [0, 0.1) is 20.8 Å². The van der Waals surface area contributed by atoms with Crippen molar-refractivity contribution in [2.24, 2.45) is 0 Å². The van der Waals surface area contributed by atoms with E-state index < -0.39 is 5.97 Å². The van der Waals surface area contributed by atoms with Gasteiger partial charge in [-0.05, 0) is 37.5 Å². The number of hydrogen-bond acceptors (Lipinski definition) is 4. The van der Waals surface area contributed by atoms with Crippen LogP contribution >= 0.6 is 59.9 Å². The standard InChI is InChI=1S/C15H17NO4.3HI.V/c1-8-4-11(5-9(2)15(8)19)6-13-16-12(7-14(17)18)10(3)20-13;;;;/h4-5,19H,6-7H2,1-3H3,(H,17,18);3*1H;/q;;;;+3/p-3. The summed E-state index contributed by atoms with van der Waals surface area (Å²) >= 11 is 7.39. The second kappa shape index (κ2) is 10.6. The summed E-state index contributed by atoms with van der Waals surface area (Å²) in [6.07, 6.45) is 0.339. The van der Waals surface area contributed by atoms with Crippen molar-refractivity contribution < 1.29 is 24.3 Å². The minimum absolute atomic E-state index is 0.136. The Kier molecular flexibility index (Phi) is 9.93. The monoisotopic (exact) mass is 707 g/mol. The number of halogens is 3. The van der Waals surface area contributed by atoms with Crippen LogP contribution in [0.1, 0.15) is 34.0 Å². The van der Waals surface area contributed by atoms with Gasteiger partial charge in [-0.25, -0.2) is 4.98 Å². The third-order valence-electron chi connectivity index (χ3n) is 3.16. The number of oxazole rings is 1. The number of phenols is 1. The first-order valence-electron chi connectivity index (χ1n) is 6.83. The number of nitrogens with zero attached hydrogens (tertiary/aromatic N) is 1. The predicted molar refractivity (Wildman–Crippen MR) is 115 cm³/mol. The average Bonchev–Trinajstić information content (AvgIpc) is 2.74. The van der Waals surface area contributed by atoms with Gasteiger partial charge in [-0.15, -0.1) is 0 Å². The zero-order valence-electron chi connectivity index (χ0n) is 13.3. The number of aromatic nitrogens is 1. The van der Waals surface area contributed by atoms with Gasteiger partial charge in [0.2, 0.25) is 0 Å². The summed E-state index contributed by atoms with van der Waals surface area (Å²) in [5.74, 6) is 0.394. The molecule has 0 aliphatic heterocycles. The Bertz CT molecular complexity index is 693. The minimum atomic E-state index is -0.927. The molecular weight excluding hydrogens is 690 g/mol. The van der Waals surface area contributed by atoms with Crippen LogP contribution in [0.4, 0.5) is 0 Å². The molecule has 0 bridgehead atoms. The van der Waals surface area contributed by atoms with E-state index in [4.69, 9.17) is 9.52 Å². The molecule has 1 aromatic carbocycles. The van der Waals surface area contributed by atoms with Gasteiger partial charge in [-0.1, -0.05) is 12.1 Å². The summed E-state index contributed by atoms with van der Waals surface area (Å²) in [6.45, 7) is 5.38. The number of carboxylic acid groups (broad SMARTS) is 1. The zero-order valence-corrected chi connectivity index (χ0v) is 21.2. The molecule has 0 radical (unpaired) electrons. The van der Waals surface area contributed by atoms with Crippen LogP contribution < -0.4 is 0 Å². The van der Waals surface area contributed by atoms with Crippen molar-refractivity contribution in [3.8, 4) is 5.75 Å². The van der Waals surface area contributed by atoms with Crippen LogP contribution in [0.3, 0.4) is 0 Å². The second-order valence-corrected chi connectivity index (χ2v) is 40.5. The van der Waals surface area contributed by atoms with E-state index in [-0.39, 0.29) is 11.3 Å². The summed E-state index contributed by atoms with van der Waals surface area (Å²) in [6, 6.07) is 3.75. The Morgan fingerprint density at radius 1 is 1.21 bits per heavy atom. The Hall–Kier alpha value is 0.474. The van der Waals surface area contributed by atoms with Crippen molar-refractivity contribution >= 4 is 65.9 Å². The average molecular weight is 707 g/mol. The molecule has 2 aromatic rings. The molecule has 0 saturated carbocycles. The SMILES string of the molecule is Cc1cc(Cc2nc(CC(=O)O)c(C)o2)cc(C)c1O.[I][V]([I])[I]. The first-order chi connectivity index (χ1) is 11.1. The third-order valence-corrected chi connectivity index (χ3v) is 3.16. The van der Waals surface area contributed by atoms with Crippen LogP contribution in [0.2, 0.25) is 0 Å². The van der Waals surface area contributed by atoms with Crippen LogP contribution in [-0.4, -0.2) is 21.2 Å². The molecule has 5 nitrogen and oxygen atoms in total. The molecule has 24 heavy (non-hydrogen) atoms. The molecule has 2 N–H and O–H groups in total.